The number of furan rings is 2. The highest BCUT2D eigenvalue weighted by Crippen LogP contribution is 2.41. The van der Waals surface area contributed by atoms with E-state index < -0.39 is 0 Å². The molecule has 0 spiro atoms. The van der Waals surface area contributed by atoms with Gasteiger partial charge in [0.1, 0.15) is 33.6 Å². The molecule has 400 valence electrons. The molecule has 0 atom stereocenters. The maximum Gasteiger partial charge on any atom is 0.236 e. The molecule has 12 aromatic carbocycles. The molecule has 18 aromatic rings. The largest absolute Gasteiger partial charge is 0.452 e. The van der Waals surface area contributed by atoms with Crippen molar-refractivity contribution >= 4 is 121 Å². The molecule has 0 fully saturated rings. The van der Waals surface area contributed by atoms with Crippen molar-refractivity contribution in [2.75, 3.05) is 0 Å². The molecule has 0 aliphatic rings. The lowest BCUT2D eigenvalue weighted by Crippen LogP contribution is -2.02. The number of aromatic amines is 1. The van der Waals surface area contributed by atoms with Crippen LogP contribution in [0.1, 0.15) is 0 Å². The number of nitrogens with one attached hydrogen (secondary N) is 1. The first kappa shape index (κ1) is 49.6. The van der Waals surface area contributed by atoms with Crippen LogP contribution in [0.15, 0.2) is 288 Å². The molecule has 0 unspecified atom stereocenters. The van der Waals surface area contributed by atoms with Crippen molar-refractivity contribution in [1.29, 1.82) is 0 Å². The summed E-state index contributed by atoms with van der Waals surface area (Å²) in [5.41, 5.74) is 17.4. The Hall–Kier alpha value is -11.2. The van der Waals surface area contributed by atoms with Crippen LogP contribution < -0.4 is 0 Å². The third-order valence-corrected chi connectivity index (χ3v) is 16.2. The average molecular weight is 1110 g/mol. The monoisotopic (exact) mass is 1110 g/mol. The molecular weight excluding hydrogens is 1060 g/mol. The Labute approximate surface area is 491 Å². The number of aromatic nitrogens is 6. The molecule has 0 saturated carbocycles. The molecule has 85 heavy (non-hydrogen) atoms. The van der Waals surface area contributed by atoms with Crippen molar-refractivity contribution in [1.82, 2.24) is 29.5 Å². The number of para-hydroxylation sites is 4. The minimum absolute atomic E-state index is 0.225. The summed E-state index contributed by atoms with van der Waals surface area (Å²) in [6.45, 7) is 0. The molecule has 0 bridgehead atoms. The van der Waals surface area contributed by atoms with Crippen LogP contribution in [0.4, 0.5) is 0 Å². The Balaban J connectivity index is 0.000000115. The molecule has 0 aliphatic carbocycles. The van der Waals surface area contributed by atoms with Crippen LogP contribution in [0, 0.1) is 0 Å². The minimum Gasteiger partial charge on any atom is -0.452 e. The lowest BCUT2D eigenvalue weighted by Gasteiger charge is -2.10. The first-order chi connectivity index (χ1) is 42.1. The molecule has 0 saturated heterocycles. The SMILES string of the molecule is Clc1nc(-c2ccccc2)c2oc3ccccc3c2n1.c1ccc(-c2nc(-n3c4ccccc4c4cc(-c5cccc6ccccc56)ccc43)nc3c2oc2ccccc23)cc1.c1ccc2c(-c3ccc4[nH]c5ccccc5c4c3)cccc2c1. The number of hydrogen-bond acceptors (Lipinski definition) is 6. The van der Waals surface area contributed by atoms with Crippen LogP contribution in [-0.2, 0) is 0 Å². The van der Waals surface area contributed by atoms with Crippen molar-refractivity contribution in [2.45, 2.75) is 0 Å². The Morgan fingerprint density at radius 3 is 1.41 bits per heavy atom. The highest BCUT2D eigenvalue weighted by atomic mass is 35.5. The second-order valence-electron chi connectivity index (χ2n) is 21.1. The van der Waals surface area contributed by atoms with Crippen LogP contribution in [0.2, 0.25) is 5.28 Å². The third kappa shape index (κ3) is 8.70. The number of H-pyrrole nitrogens is 1. The standard InChI is InChI=1S/C38H23N3O.C22H15N.C16H9ClN2O/c1-2-12-25(13-3-1)35-37-36(30-17-7-9-20-34(30)42-37)40-38(39-35)41-32-19-8-6-16-29(32)31-23-26(21-22-33(31)41)28-18-10-14-24-11-4-5-15-27(24)28;1-2-8-17-15(6-1)7-5-10-18(17)16-12-13-22-20(14-16)19-9-3-4-11-21(19)23-22;17-16-18-13(10-6-2-1-3-7-10)15-14(19-16)11-8-4-5-9-12(11)20-15/h1-23H;1-14,23H;1-9H. The van der Waals surface area contributed by atoms with Gasteiger partial charge in [-0.2, -0.15) is 0 Å². The van der Waals surface area contributed by atoms with Gasteiger partial charge in [0.25, 0.3) is 0 Å². The molecule has 0 amide bonds. The van der Waals surface area contributed by atoms with E-state index in [1.54, 1.807) is 0 Å². The highest BCUT2D eigenvalue weighted by Gasteiger charge is 2.22. The molecule has 6 aromatic heterocycles. The van der Waals surface area contributed by atoms with Gasteiger partial charge in [-0.15, -0.1) is 0 Å². The van der Waals surface area contributed by atoms with Gasteiger partial charge < -0.3 is 13.8 Å². The first-order valence-electron chi connectivity index (χ1n) is 28.2. The maximum atomic E-state index is 6.35. The number of hydrogen-bond donors (Lipinski definition) is 1. The molecule has 1 N–H and O–H groups in total. The van der Waals surface area contributed by atoms with Crippen molar-refractivity contribution < 1.29 is 8.83 Å². The van der Waals surface area contributed by atoms with Gasteiger partial charge in [0.05, 0.1) is 11.0 Å². The fraction of sp³-hybridized carbons (Fsp3) is 0. The van der Waals surface area contributed by atoms with Crippen molar-refractivity contribution in [3.63, 3.8) is 0 Å². The number of benzene rings is 12. The lowest BCUT2D eigenvalue weighted by atomic mass is 9.97. The zero-order valence-electron chi connectivity index (χ0n) is 45.5. The fourth-order valence-electron chi connectivity index (χ4n) is 12.2. The van der Waals surface area contributed by atoms with Gasteiger partial charge >= 0.3 is 0 Å². The Morgan fingerprint density at radius 1 is 0.318 bits per heavy atom. The van der Waals surface area contributed by atoms with Crippen LogP contribution in [0.25, 0.3) is 160 Å². The number of halogens is 1. The molecule has 18 rings (SSSR count). The normalized spacial score (nSPS) is 11.6. The molecule has 0 radical (unpaired) electrons. The van der Waals surface area contributed by atoms with E-state index in [4.69, 9.17) is 30.4 Å². The summed E-state index contributed by atoms with van der Waals surface area (Å²) >= 11 is 6.07. The Bertz CT molecular complexity index is 5580. The van der Waals surface area contributed by atoms with E-state index in [0.717, 1.165) is 77.3 Å². The zero-order chi connectivity index (χ0) is 56.4. The predicted octanol–water partition coefficient (Wildman–Crippen LogP) is 20.8. The average Bonchev–Trinajstić information content (AvgIpc) is 2.54. The summed E-state index contributed by atoms with van der Waals surface area (Å²) in [4.78, 5) is 22.5. The van der Waals surface area contributed by atoms with Gasteiger partial charge in [0.2, 0.25) is 11.2 Å². The third-order valence-electron chi connectivity index (χ3n) is 16.1. The summed E-state index contributed by atoms with van der Waals surface area (Å²) < 4.78 is 14.4. The highest BCUT2D eigenvalue weighted by molar-refractivity contribution is 6.29. The van der Waals surface area contributed by atoms with Crippen LogP contribution >= 0.6 is 11.6 Å². The molecule has 8 nitrogen and oxygen atoms in total. The van der Waals surface area contributed by atoms with E-state index in [9.17, 15) is 0 Å². The van der Waals surface area contributed by atoms with Gasteiger partial charge in [-0.1, -0.05) is 218 Å². The van der Waals surface area contributed by atoms with Crippen molar-refractivity contribution in [3.8, 4) is 50.7 Å². The van der Waals surface area contributed by atoms with Gasteiger partial charge in [-0.05, 0) is 116 Å². The molecule has 0 aliphatic heterocycles. The van der Waals surface area contributed by atoms with E-state index in [0.29, 0.717) is 17.1 Å². The minimum atomic E-state index is 0.225. The molecule has 6 heterocycles. The fourth-order valence-corrected chi connectivity index (χ4v) is 12.3. The Kier molecular flexibility index (Phi) is 12.1. The van der Waals surface area contributed by atoms with E-state index in [2.05, 4.69) is 208 Å². The zero-order valence-corrected chi connectivity index (χ0v) is 46.2. The number of rotatable bonds is 5. The van der Waals surface area contributed by atoms with E-state index in [-0.39, 0.29) is 5.28 Å². The van der Waals surface area contributed by atoms with Crippen LogP contribution in [-0.4, -0.2) is 29.5 Å². The van der Waals surface area contributed by atoms with Gasteiger partial charge in [0, 0.05) is 54.5 Å². The summed E-state index contributed by atoms with van der Waals surface area (Å²) in [6, 6.07) is 96.4. The van der Waals surface area contributed by atoms with Gasteiger partial charge in [0.15, 0.2) is 11.2 Å². The number of nitrogens with zero attached hydrogens (tertiary/aromatic N) is 5. The summed E-state index contributed by atoms with van der Waals surface area (Å²) in [7, 11) is 0. The van der Waals surface area contributed by atoms with Crippen LogP contribution in [0.5, 0.6) is 0 Å². The van der Waals surface area contributed by atoms with E-state index >= 15 is 0 Å². The maximum absolute atomic E-state index is 6.35. The van der Waals surface area contributed by atoms with Crippen molar-refractivity contribution in [2.24, 2.45) is 0 Å². The summed E-state index contributed by atoms with van der Waals surface area (Å²) in [6.07, 6.45) is 0. The van der Waals surface area contributed by atoms with Crippen LogP contribution in [0.3, 0.4) is 0 Å². The summed E-state index contributed by atoms with van der Waals surface area (Å²) in [5.74, 6) is 0.622. The number of fused-ring (bicyclic) bond motifs is 14. The lowest BCUT2D eigenvalue weighted by molar-refractivity contribution is 0.666. The van der Waals surface area contributed by atoms with E-state index in [1.165, 1.54) is 65.6 Å². The van der Waals surface area contributed by atoms with Gasteiger partial charge in [-0.25, -0.2) is 19.9 Å². The first-order valence-corrected chi connectivity index (χ1v) is 28.6. The Morgan fingerprint density at radius 2 is 0.776 bits per heavy atom. The molecular formula is C76H47ClN6O2. The summed E-state index contributed by atoms with van der Waals surface area (Å²) in [5, 5.41) is 12.1. The van der Waals surface area contributed by atoms with E-state index in [1.807, 2.05) is 91.0 Å². The second kappa shape index (κ2) is 20.7. The molecule has 9 heteroatoms. The second-order valence-corrected chi connectivity index (χ2v) is 21.4. The smallest absolute Gasteiger partial charge is 0.236 e. The van der Waals surface area contributed by atoms with Gasteiger partial charge in [-0.3, -0.25) is 4.57 Å². The predicted molar refractivity (Wildman–Crippen MR) is 351 cm³/mol. The van der Waals surface area contributed by atoms with Crippen molar-refractivity contribution in [3.05, 3.63) is 284 Å². The quantitative estimate of drug-likeness (QED) is 0.172. The topological polar surface area (TPSA) is 98.6 Å².